The Morgan fingerprint density at radius 1 is 1.30 bits per heavy atom. The van der Waals surface area contributed by atoms with Crippen molar-refractivity contribution < 1.29 is 18.3 Å². The van der Waals surface area contributed by atoms with Crippen molar-refractivity contribution >= 4 is 31.9 Å². The van der Waals surface area contributed by atoms with Crippen LogP contribution in [0.25, 0.3) is 0 Å². The molecule has 1 aliphatic rings. The molecule has 1 heterocycles. The number of hydrogen-bond donors (Lipinski definition) is 1. The fourth-order valence-electron chi connectivity index (χ4n) is 2.39. The van der Waals surface area contributed by atoms with Gasteiger partial charge in [-0.05, 0) is 46.8 Å². The normalized spacial score (nSPS) is 18.1. The number of carboxylic acid groups (broad SMARTS) is 1. The van der Waals surface area contributed by atoms with E-state index in [1.807, 2.05) is 0 Å². The standard InChI is InChI=1S/C13H16BrNO4S/c14-11-3-1-2-4-12(11)20(18,19)15-7-5-10(6-8-15)9-13(16)17/h1-4,10H,5-9H2,(H,16,17). The maximum Gasteiger partial charge on any atom is 0.303 e. The van der Waals surface area contributed by atoms with Gasteiger partial charge < -0.3 is 5.11 Å². The molecular weight excluding hydrogens is 346 g/mol. The van der Waals surface area contributed by atoms with Crippen LogP contribution < -0.4 is 0 Å². The molecule has 110 valence electrons. The molecule has 0 saturated carbocycles. The lowest BCUT2D eigenvalue weighted by molar-refractivity contribution is -0.138. The number of halogens is 1. The van der Waals surface area contributed by atoms with Gasteiger partial charge in [-0.2, -0.15) is 4.31 Å². The highest BCUT2D eigenvalue weighted by Crippen LogP contribution is 2.29. The third-order valence-corrected chi connectivity index (χ3v) is 6.40. The van der Waals surface area contributed by atoms with Crippen LogP contribution in [0, 0.1) is 5.92 Å². The van der Waals surface area contributed by atoms with Crippen LogP contribution in [-0.4, -0.2) is 36.9 Å². The van der Waals surface area contributed by atoms with E-state index in [2.05, 4.69) is 15.9 Å². The van der Waals surface area contributed by atoms with Crippen molar-refractivity contribution in [3.8, 4) is 0 Å². The summed E-state index contributed by atoms with van der Waals surface area (Å²) in [5, 5.41) is 8.77. The van der Waals surface area contributed by atoms with E-state index in [4.69, 9.17) is 5.11 Å². The first-order valence-electron chi connectivity index (χ1n) is 6.37. The minimum Gasteiger partial charge on any atom is -0.481 e. The van der Waals surface area contributed by atoms with E-state index < -0.39 is 16.0 Å². The van der Waals surface area contributed by atoms with Crippen molar-refractivity contribution in [2.75, 3.05) is 13.1 Å². The Morgan fingerprint density at radius 3 is 2.45 bits per heavy atom. The predicted octanol–water partition coefficient (Wildman–Crippen LogP) is 2.32. The molecule has 1 aromatic rings. The van der Waals surface area contributed by atoms with Crippen molar-refractivity contribution in [1.82, 2.24) is 4.31 Å². The Bertz CT molecular complexity index is 594. The van der Waals surface area contributed by atoms with Crippen molar-refractivity contribution in [1.29, 1.82) is 0 Å². The monoisotopic (exact) mass is 361 g/mol. The first-order valence-corrected chi connectivity index (χ1v) is 8.61. The second kappa shape index (κ2) is 6.24. The van der Waals surface area contributed by atoms with Crippen molar-refractivity contribution in [3.63, 3.8) is 0 Å². The van der Waals surface area contributed by atoms with Gasteiger partial charge in [0.25, 0.3) is 0 Å². The lowest BCUT2D eigenvalue weighted by Crippen LogP contribution is -2.39. The fourth-order valence-corrected chi connectivity index (χ4v) is 4.83. The molecule has 0 radical (unpaired) electrons. The molecule has 0 unspecified atom stereocenters. The highest BCUT2D eigenvalue weighted by molar-refractivity contribution is 9.10. The van der Waals surface area contributed by atoms with Crippen LogP contribution in [0.4, 0.5) is 0 Å². The van der Waals surface area contributed by atoms with Crippen LogP contribution >= 0.6 is 15.9 Å². The average molecular weight is 362 g/mol. The van der Waals surface area contributed by atoms with Crippen LogP contribution in [-0.2, 0) is 14.8 Å². The second-order valence-corrected chi connectivity index (χ2v) is 7.64. The Hall–Kier alpha value is -0.920. The zero-order valence-electron chi connectivity index (χ0n) is 10.8. The summed E-state index contributed by atoms with van der Waals surface area (Å²) in [5.41, 5.74) is 0. The van der Waals surface area contributed by atoms with E-state index in [1.165, 1.54) is 4.31 Å². The Labute approximate surface area is 126 Å². The maximum atomic E-state index is 12.5. The molecule has 1 aliphatic heterocycles. The van der Waals surface area contributed by atoms with E-state index in [0.717, 1.165) is 0 Å². The quantitative estimate of drug-likeness (QED) is 0.892. The first-order chi connectivity index (χ1) is 9.41. The van der Waals surface area contributed by atoms with Gasteiger partial charge in [-0.25, -0.2) is 8.42 Å². The number of rotatable bonds is 4. The maximum absolute atomic E-state index is 12.5. The van der Waals surface area contributed by atoms with Crippen LogP contribution in [0.1, 0.15) is 19.3 Å². The third kappa shape index (κ3) is 3.39. The molecule has 5 nitrogen and oxygen atoms in total. The topological polar surface area (TPSA) is 74.7 Å². The van der Waals surface area contributed by atoms with Gasteiger partial charge in [0.05, 0.1) is 4.90 Å². The number of benzene rings is 1. The van der Waals surface area contributed by atoms with Crippen molar-refractivity contribution in [2.45, 2.75) is 24.2 Å². The Morgan fingerprint density at radius 2 is 1.90 bits per heavy atom. The molecule has 2 rings (SSSR count). The largest absolute Gasteiger partial charge is 0.481 e. The number of carboxylic acids is 1. The van der Waals surface area contributed by atoms with Gasteiger partial charge in [-0.3, -0.25) is 4.79 Å². The lowest BCUT2D eigenvalue weighted by Gasteiger charge is -2.30. The molecule has 0 bridgehead atoms. The average Bonchev–Trinajstić information content (AvgIpc) is 2.39. The van der Waals surface area contributed by atoms with Crippen LogP contribution in [0.2, 0.25) is 0 Å². The molecule has 20 heavy (non-hydrogen) atoms. The lowest BCUT2D eigenvalue weighted by atomic mass is 9.95. The van der Waals surface area contributed by atoms with E-state index in [9.17, 15) is 13.2 Å². The number of piperidine rings is 1. The Kier molecular flexibility index (Phi) is 4.82. The smallest absolute Gasteiger partial charge is 0.303 e. The zero-order valence-corrected chi connectivity index (χ0v) is 13.2. The molecule has 0 amide bonds. The molecular formula is C13H16BrNO4S. The first kappa shape index (κ1) is 15.5. The van der Waals surface area contributed by atoms with Gasteiger partial charge in [0.2, 0.25) is 10.0 Å². The minimum atomic E-state index is -3.51. The fraction of sp³-hybridized carbons (Fsp3) is 0.462. The van der Waals surface area contributed by atoms with Gasteiger partial charge in [0.1, 0.15) is 0 Å². The van der Waals surface area contributed by atoms with Crippen LogP contribution in [0.5, 0.6) is 0 Å². The van der Waals surface area contributed by atoms with E-state index in [1.54, 1.807) is 24.3 Å². The molecule has 0 aromatic heterocycles. The van der Waals surface area contributed by atoms with Crippen molar-refractivity contribution in [2.24, 2.45) is 5.92 Å². The second-order valence-electron chi connectivity index (χ2n) is 4.88. The zero-order chi connectivity index (χ0) is 14.8. The van der Waals surface area contributed by atoms with E-state index in [-0.39, 0.29) is 17.2 Å². The number of carbonyl (C=O) groups is 1. The highest BCUT2D eigenvalue weighted by atomic mass is 79.9. The number of hydrogen-bond acceptors (Lipinski definition) is 3. The van der Waals surface area contributed by atoms with E-state index in [0.29, 0.717) is 30.4 Å². The summed E-state index contributed by atoms with van der Waals surface area (Å²) in [4.78, 5) is 10.9. The van der Waals surface area contributed by atoms with Crippen LogP contribution in [0.15, 0.2) is 33.6 Å². The van der Waals surface area contributed by atoms with Gasteiger partial charge in [-0.1, -0.05) is 12.1 Å². The molecule has 1 fully saturated rings. The highest BCUT2D eigenvalue weighted by Gasteiger charge is 2.31. The van der Waals surface area contributed by atoms with Crippen LogP contribution in [0.3, 0.4) is 0 Å². The molecule has 1 N–H and O–H groups in total. The number of nitrogens with zero attached hydrogens (tertiary/aromatic N) is 1. The molecule has 1 saturated heterocycles. The summed E-state index contributed by atoms with van der Waals surface area (Å²) in [6.07, 6.45) is 1.30. The summed E-state index contributed by atoms with van der Waals surface area (Å²) in [6, 6.07) is 6.73. The summed E-state index contributed by atoms with van der Waals surface area (Å²) in [5.74, 6) is -0.754. The molecule has 0 spiro atoms. The summed E-state index contributed by atoms with van der Waals surface area (Å²) < 4.78 is 27.0. The van der Waals surface area contributed by atoms with Crippen molar-refractivity contribution in [3.05, 3.63) is 28.7 Å². The number of sulfonamides is 1. The third-order valence-electron chi connectivity index (χ3n) is 3.49. The molecule has 0 aliphatic carbocycles. The SMILES string of the molecule is O=C(O)CC1CCN(S(=O)(=O)c2ccccc2Br)CC1. The van der Waals surface area contributed by atoms with Gasteiger partial charge >= 0.3 is 5.97 Å². The van der Waals surface area contributed by atoms with Gasteiger partial charge in [0, 0.05) is 24.0 Å². The Balaban J connectivity index is 2.10. The van der Waals surface area contributed by atoms with E-state index >= 15 is 0 Å². The molecule has 1 aromatic carbocycles. The minimum absolute atomic E-state index is 0.0677. The summed E-state index contributed by atoms with van der Waals surface area (Å²) in [7, 11) is -3.51. The van der Waals surface area contributed by atoms with Gasteiger partial charge in [0.15, 0.2) is 0 Å². The molecule has 0 atom stereocenters. The number of aliphatic carboxylic acids is 1. The summed E-state index contributed by atoms with van der Waals surface area (Å²) >= 11 is 3.26. The summed E-state index contributed by atoms with van der Waals surface area (Å²) in [6.45, 7) is 0.753. The molecule has 7 heteroatoms. The predicted molar refractivity (Wildman–Crippen MR) is 77.9 cm³/mol. The van der Waals surface area contributed by atoms with Gasteiger partial charge in [-0.15, -0.1) is 0 Å².